The Bertz CT molecular complexity index is 609. The minimum absolute atomic E-state index is 0.341. The number of carboxylic acids is 1. The average molecular weight is 311 g/mol. The molecule has 0 spiro atoms. The molecule has 0 amide bonds. The number of fused-ring (bicyclic) bond motifs is 1. The number of rotatable bonds is 1. The molecule has 0 fully saturated rings. The summed E-state index contributed by atoms with van der Waals surface area (Å²) in [7, 11) is 0. The molecule has 2 rings (SSSR count). The SMILES string of the molecule is O=C(O)c1nc2ncc(Br)c(C(F)(F)F)n2n1. The molecule has 2 aromatic rings. The summed E-state index contributed by atoms with van der Waals surface area (Å²) in [6.45, 7) is 0. The molecule has 0 aliphatic rings. The zero-order chi connectivity index (χ0) is 12.8. The van der Waals surface area contributed by atoms with E-state index in [1.165, 1.54) is 0 Å². The Labute approximate surface area is 99.2 Å². The topological polar surface area (TPSA) is 80.4 Å². The van der Waals surface area contributed by atoms with Crippen molar-refractivity contribution in [2.45, 2.75) is 6.18 Å². The molecule has 90 valence electrons. The Kier molecular flexibility index (Phi) is 2.53. The standard InChI is InChI=1S/C7H2BrF3N4O2/c8-2-1-12-6-13-4(5(16)17)14-15(6)3(2)7(9,10)11/h1H,(H,16,17). The van der Waals surface area contributed by atoms with Gasteiger partial charge >= 0.3 is 12.1 Å². The number of aromatic nitrogens is 4. The van der Waals surface area contributed by atoms with Crippen molar-refractivity contribution in [1.82, 2.24) is 19.6 Å². The van der Waals surface area contributed by atoms with Crippen LogP contribution in [0.15, 0.2) is 10.7 Å². The van der Waals surface area contributed by atoms with Gasteiger partial charge in [0.1, 0.15) is 0 Å². The lowest BCUT2D eigenvalue weighted by molar-refractivity contribution is -0.143. The van der Waals surface area contributed by atoms with Crippen molar-refractivity contribution in [2.75, 3.05) is 0 Å². The first-order valence-electron chi connectivity index (χ1n) is 4.02. The highest BCUT2D eigenvalue weighted by molar-refractivity contribution is 9.10. The van der Waals surface area contributed by atoms with Crippen molar-refractivity contribution >= 4 is 27.7 Å². The second-order valence-corrected chi connectivity index (χ2v) is 3.76. The third-order valence-corrected chi connectivity index (χ3v) is 2.36. The van der Waals surface area contributed by atoms with Gasteiger partial charge in [0.25, 0.3) is 11.6 Å². The molecule has 0 atom stereocenters. The van der Waals surface area contributed by atoms with Gasteiger partial charge in [0.2, 0.25) is 0 Å². The maximum absolute atomic E-state index is 12.7. The van der Waals surface area contributed by atoms with E-state index in [9.17, 15) is 18.0 Å². The molecule has 10 heteroatoms. The summed E-state index contributed by atoms with van der Waals surface area (Å²) in [5.41, 5.74) is -1.16. The molecule has 0 bridgehead atoms. The molecular weight excluding hydrogens is 309 g/mol. The van der Waals surface area contributed by atoms with Gasteiger partial charge in [0, 0.05) is 6.20 Å². The normalized spacial score (nSPS) is 12.0. The fourth-order valence-corrected chi connectivity index (χ4v) is 1.66. The maximum Gasteiger partial charge on any atom is 0.434 e. The van der Waals surface area contributed by atoms with Gasteiger partial charge in [-0.3, -0.25) is 0 Å². The Morgan fingerprint density at radius 3 is 2.65 bits per heavy atom. The second kappa shape index (κ2) is 3.65. The summed E-state index contributed by atoms with van der Waals surface area (Å²) in [5.74, 6) is -2.71. The van der Waals surface area contributed by atoms with Crippen LogP contribution in [0.1, 0.15) is 16.3 Å². The Morgan fingerprint density at radius 1 is 1.47 bits per heavy atom. The molecule has 1 N–H and O–H groups in total. The van der Waals surface area contributed by atoms with Crippen molar-refractivity contribution in [3.05, 3.63) is 22.2 Å². The lowest BCUT2D eigenvalue weighted by atomic mass is 10.4. The Balaban J connectivity index is 2.81. The molecule has 0 aliphatic carbocycles. The van der Waals surface area contributed by atoms with Crippen LogP contribution in [0.25, 0.3) is 5.78 Å². The van der Waals surface area contributed by atoms with Gasteiger partial charge in [-0.25, -0.2) is 9.78 Å². The minimum atomic E-state index is -4.70. The molecule has 17 heavy (non-hydrogen) atoms. The van der Waals surface area contributed by atoms with E-state index in [0.717, 1.165) is 6.20 Å². The van der Waals surface area contributed by atoms with Crippen LogP contribution in [-0.4, -0.2) is 30.7 Å². The average Bonchev–Trinajstić information content (AvgIpc) is 2.58. The molecule has 0 saturated heterocycles. The van der Waals surface area contributed by atoms with Gasteiger partial charge < -0.3 is 5.11 Å². The van der Waals surface area contributed by atoms with Crippen LogP contribution in [-0.2, 0) is 6.18 Å². The predicted molar refractivity (Wildman–Crippen MR) is 50.4 cm³/mol. The minimum Gasteiger partial charge on any atom is -0.475 e. The number of aromatic carboxylic acids is 1. The molecule has 0 unspecified atom stereocenters. The highest BCUT2D eigenvalue weighted by Crippen LogP contribution is 2.34. The monoisotopic (exact) mass is 310 g/mol. The summed E-state index contributed by atoms with van der Waals surface area (Å²) in [4.78, 5) is 17.4. The molecule has 0 aliphatic heterocycles. The third kappa shape index (κ3) is 1.95. The molecule has 6 nitrogen and oxygen atoms in total. The molecule has 2 aromatic heterocycles. The van der Waals surface area contributed by atoms with E-state index in [4.69, 9.17) is 5.11 Å². The first-order chi connectivity index (χ1) is 7.80. The number of hydrogen-bond donors (Lipinski definition) is 1. The van der Waals surface area contributed by atoms with Gasteiger partial charge in [-0.05, 0) is 15.9 Å². The van der Waals surface area contributed by atoms with E-state index >= 15 is 0 Å². The summed E-state index contributed by atoms with van der Waals surface area (Å²) >= 11 is 2.68. The van der Waals surface area contributed by atoms with Crippen LogP contribution in [0.5, 0.6) is 0 Å². The lowest BCUT2D eigenvalue weighted by Gasteiger charge is -2.09. The predicted octanol–water partition coefficient (Wildman–Crippen LogP) is 1.60. The molecule has 0 aromatic carbocycles. The van der Waals surface area contributed by atoms with Crippen molar-refractivity contribution in [3.8, 4) is 0 Å². The zero-order valence-corrected chi connectivity index (χ0v) is 9.32. The molecule has 0 radical (unpaired) electrons. The maximum atomic E-state index is 12.7. The first-order valence-corrected chi connectivity index (χ1v) is 4.82. The summed E-state index contributed by atoms with van der Waals surface area (Å²) < 4.78 is 38.1. The van der Waals surface area contributed by atoms with Gasteiger partial charge in [-0.2, -0.15) is 22.7 Å². The lowest BCUT2D eigenvalue weighted by Crippen LogP contribution is -2.14. The van der Waals surface area contributed by atoms with Crippen molar-refractivity contribution in [2.24, 2.45) is 0 Å². The number of carbonyl (C=O) groups is 1. The van der Waals surface area contributed by atoms with Gasteiger partial charge in [0.15, 0.2) is 5.69 Å². The highest BCUT2D eigenvalue weighted by Gasteiger charge is 2.37. The smallest absolute Gasteiger partial charge is 0.434 e. The summed E-state index contributed by atoms with van der Waals surface area (Å²) in [6, 6.07) is 0. The summed E-state index contributed by atoms with van der Waals surface area (Å²) in [5, 5.41) is 11.8. The Morgan fingerprint density at radius 2 is 2.12 bits per heavy atom. The van der Waals surface area contributed by atoms with E-state index in [1.807, 2.05) is 0 Å². The van der Waals surface area contributed by atoms with E-state index in [2.05, 4.69) is 31.0 Å². The van der Waals surface area contributed by atoms with E-state index in [-0.39, 0.29) is 4.47 Å². The van der Waals surface area contributed by atoms with Crippen LogP contribution in [0, 0.1) is 0 Å². The van der Waals surface area contributed by atoms with Crippen LogP contribution >= 0.6 is 15.9 Å². The van der Waals surface area contributed by atoms with Crippen LogP contribution < -0.4 is 0 Å². The molecular formula is C7H2BrF3N4O2. The molecule has 0 saturated carbocycles. The highest BCUT2D eigenvalue weighted by atomic mass is 79.9. The zero-order valence-electron chi connectivity index (χ0n) is 7.73. The first kappa shape index (κ1) is 11.8. The number of nitrogens with zero attached hydrogens (tertiary/aromatic N) is 4. The summed E-state index contributed by atoms with van der Waals surface area (Å²) in [6.07, 6.45) is -3.82. The van der Waals surface area contributed by atoms with Crippen molar-refractivity contribution in [3.63, 3.8) is 0 Å². The Hall–Kier alpha value is -1.71. The number of alkyl halides is 3. The fraction of sp³-hybridized carbons (Fsp3) is 0.143. The van der Waals surface area contributed by atoms with Crippen LogP contribution in [0.3, 0.4) is 0 Å². The van der Waals surface area contributed by atoms with E-state index in [0.29, 0.717) is 4.52 Å². The number of halogens is 4. The van der Waals surface area contributed by atoms with E-state index in [1.54, 1.807) is 0 Å². The quantitative estimate of drug-likeness (QED) is 0.865. The fourth-order valence-electron chi connectivity index (χ4n) is 1.16. The third-order valence-electron chi connectivity index (χ3n) is 1.78. The van der Waals surface area contributed by atoms with Crippen LogP contribution in [0.4, 0.5) is 13.2 Å². The van der Waals surface area contributed by atoms with Gasteiger partial charge in [-0.1, -0.05) is 0 Å². The largest absolute Gasteiger partial charge is 0.475 e. The number of hydrogen-bond acceptors (Lipinski definition) is 4. The molecule has 2 heterocycles. The van der Waals surface area contributed by atoms with Gasteiger partial charge in [0.05, 0.1) is 4.47 Å². The van der Waals surface area contributed by atoms with E-state index < -0.39 is 29.4 Å². The van der Waals surface area contributed by atoms with Crippen molar-refractivity contribution in [1.29, 1.82) is 0 Å². The van der Waals surface area contributed by atoms with Crippen LogP contribution in [0.2, 0.25) is 0 Å². The van der Waals surface area contributed by atoms with Gasteiger partial charge in [-0.15, -0.1) is 5.10 Å². The number of carboxylic acid groups (broad SMARTS) is 1. The van der Waals surface area contributed by atoms with Crippen molar-refractivity contribution < 1.29 is 23.1 Å². The second-order valence-electron chi connectivity index (χ2n) is 2.90.